The second-order valence-corrected chi connectivity index (χ2v) is 8.98. The summed E-state index contributed by atoms with van der Waals surface area (Å²) < 4.78 is 33.1. The highest BCUT2D eigenvalue weighted by Crippen LogP contribution is 2.32. The van der Waals surface area contributed by atoms with Crippen LogP contribution in [0.15, 0.2) is 23.1 Å². The van der Waals surface area contributed by atoms with E-state index in [-0.39, 0.29) is 29.3 Å². The molecule has 9 heteroatoms. The Balaban J connectivity index is 0.00000261. The zero-order valence-electron chi connectivity index (χ0n) is 15.7. The molecule has 1 saturated heterocycles. The molecule has 0 unspecified atom stereocenters. The Morgan fingerprint density at radius 3 is 2.56 bits per heavy atom. The number of methoxy groups -OCH3 is 1. The van der Waals surface area contributed by atoms with Crippen LogP contribution in [0, 0.1) is 12.3 Å². The second-order valence-electron chi connectivity index (χ2n) is 7.29. The lowest BCUT2D eigenvalue weighted by atomic mass is 9.78. The Hall–Kier alpha value is -1.19. The number of rotatable bonds is 7. The molecule has 1 aliphatic heterocycles. The molecule has 0 bridgehead atoms. The van der Waals surface area contributed by atoms with Gasteiger partial charge in [0, 0.05) is 18.8 Å². The van der Waals surface area contributed by atoms with Crippen LogP contribution in [0.25, 0.3) is 0 Å². The van der Waals surface area contributed by atoms with Crippen LogP contribution in [0.2, 0.25) is 0 Å². The summed E-state index contributed by atoms with van der Waals surface area (Å²) in [6.45, 7) is 3.62. The van der Waals surface area contributed by atoms with Crippen molar-refractivity contribution in [1.29, 1.82) is 0 Å². The van der Waals surface area contributed by atoms with Crippen molar-refractivity contribution >= 4 is 34.0 Å². The highest BCUT2D eigenvalue weighted by atomic mass is 35.5. The first-order valence-corrected chi connectivity index (χ1v) is 10.5. The number of halogens is 1. The standard InChI is InChI=1S/C18H27N3O4S.ClH/c1-13-3-4-15(11-16(13)26(23,24)21-14-5-6-14)20-17(22)18(12-25-2)7-9-19-10-8-18;/h3-4,11,14,19,21H,5-10,12H2,1-2H3,(H,20,22);1H. The van der Waals surface area contributed by atoms with E-state index in [1.807, 2.05) is 0 Å². The molecule has 1 aromatic carbocycles. The Morgan fingerprint density at radius 2 is 1.96 bits per heavy atom. The van der Waals surface area contributed by atoms with Crippen molar-refractivity contribution in [3.05, 3.63) is 23.8 Å². The maximum absolute atomic E-state index is 12.9. The highest BCUT2D eigenvalue weighted by Gasteiger charge is 2.39. The molecule has 3 N–H and O–H groups in total. The van der Waals surface area contributed by atoms with E-state index < -0.39 is 15.4 Å². The third kappa shape index (κ3) is 5.20. The molecule has 7 nitrogen and oxygen atoms in total. The van der Waals surface area contributed by atoms with Gasteiger partial charge in [0.05, 0.1) is 16.9 Å². The van der Waals surface area contributed by atoms with Gasteiger partial charge in [0.25, 0.3) is 0 Å². The second kappa shape index (κ2) is 8.87. The third-order valence-corrected chi connectivity index (χ3v) is 6.76. The summed E-state index contributed by atoms with van der Waals surface area (Å²) in [6.07, 6.45) is 3.13. The van der Waals surface area contributed by atoms with Gasteiger partial charge in [-0.25, -0.2) is 13.1 Å². The van der Waals surface area contributed by atoms with E-state index in [0.29, 0.717) is 30.7 Å². The number of piperidine rings is 1. The van der Waals surface area contributed by atoms with Gasteiger partial charge in [-0.05, 0) is 63.4 Å². The summed E-state index contributed by atoms with van der Waals surface area (Å²) in [5, 5.41) is 6.16. The van der Waals surface area contributed by atoms with E-state index in [4.69, 9.17) is 4.74 Å². The fourth-order valence-electron chi connectivity index (χ4n) is 3.33. The van der Waals surface area contributed by atoms with Crippen molar-refractivity contribution in [1.82, 2.24) is 10.0 Å². The van der Waals surface area contributed by atoms with Gasteiger partial charge < -0.3 is 15.4 Å². The topological polar surface area (TPSA) is 96.5 Å². The molecular formula is C18H28ClN3O4S. The molecule has 2 aliphatic rings. The molecule has 1 aromatic rings. The zero-order valence-corrected chi connectivity index (χ0v) is 17.3. The van der Waals surface area contributed by atoms with Gasteiger partial charge in [-0.1, -0.05) is 6.07 Å². The number of sulfonamides is 1. The quantitative estimate of drug-likeness (QED) is 0.628. The number of nitrogens with one attached hydrogen (secondary N) is 3. The average Bonchev–Trinajstić information content (AvgIpc) is 3.41. The molecule has 152 valence electrons. The minimum absolute atomic E-state index is 0. The number of carbonyl (C=O) groups excluding carboxylic acids is 1. The molecule has 0 radical (unpaired) electrons. The lowest BCUT2D eigenvalue weighted by Gasteiger charge is -2.35. The first kappa shape index (κ1) is 22.1. The van der Waals surface area contributed by atoms with Gasteiger partial charge in [0.2, 0.25) is 15.9 Å². The number of amides is 1. The lowest BCUT2D eigenvalue weighted by molar-refractivity contribution is -0.130. The molecular weight excluding hydrogens is 390 g/mol. The number of hydrogen-bond donors (Lipinski definition) is 3. The van der Waals surface area contributed by atoms with Crippen LogP contribution in [0.3, 0.4) is 0 Å². The largest absolute Gasteiger partial charge is 0.384 e. The molecule has 27 heavy (non-hydrogen) atoms. The SMILES string of the molecule is COCC1(C(=O)Nc2ccc(C)c(S(=O)(=O)NC3CC3)c2)CCNCC1.Cl. The maximum atomic E-state index is 12.9. The van der Waals surface area contributed by atoms with E-state index >= 15 is 0 Å². The van der Waals surface area contributed by atoms with Crippen molar-refractivity contribution in [3.8, 4) is 0 Å². The summed E-state index contributed by atoms with van der Waals surface area (Å²) in [5.74, 6) is -0.122. The van der Waals surface area contributed by atoms with Crippen LogP contribution in [-0.4, -0.2) is 47.2 Å². The monoisotopic (exact) mass is 417 g/mol. The van der Waals surface area contributed by atoms with Crippen LogP contribution in [0.4, 0.5) is 5.69 Å². The smallest absolute Gasteiger partial charge is 0.241 e. The van der Waals surface area contributed by atoms with Crippen molar-refractivity contribution in [2.45, 2.75) is 43.5 Å². The van der Waals surface area contributed by atoms with Gasteiger partial charge in [-0.15, -0.1) is 12.4 Å². The van der Waals surface area contributed by atoms with Crippen LogP contribution >= 0.6 is 12.4 Å². The number of hydrogen-bond acceptors (Lipinski definition) is 5. The summed E-state index contributed by atoms with van der Waals surface area (Å²) in [6, 6.07) is 5.05. The van der Waals surface area contributed by atoms with E-state index in [1.54, 1.807) is 32.2 Å². The molecule has 3 rings (SSSR count). The van der Waals surface area contributed by atoms with Crippen LogP contribution in [0.5, 0.6) is 0 Å². The van der Waals surface area contributed by atoms with Gasteiger partial charge in [0.1, 0.15) is 0 Å². The number of aryl methyl sites for hydroxylation is 1. The lowest BCUT2D eigenvalue weighted by Crippen LogP contribution is -2.47. The fourth-order valence-corrected chi connectivity index (χ4v) is 4.91. The van der Waals surface area contributed by atoms with Gasteiger partial charge >= 0.3 is 0 Å². The van der Waals surface area contributed by atoms with E-state index in [2.05, 4.69) is 15.4 Å². The van der Waals surface area contributed by atoms with E-state index in [9.17, 15) is 13.2 Å². The van der Waals surface area contributed by atoms with Crippen LogP contribution in [0.1, 0.15) is 31.2 Å². The predicted octanol–water partition coefficient (Wildman–Crippen LogP) is 1.81. The van der Waals surface area contributed by atoms with E-state index in [0.717, 1.165) is 25.9 Å². The molecule has 2 fully saturated rings. The summed E-state index contributed by atoms with van der Waals surface area (Å²) >= 11 is 0. The molecule has 1 amide bonds. The van der Waals surface area contributed by atoms with E-state index in [1.165, 1.54) is 0 Å². The summed E-state index contributed by atoms with van der Waals surface area (Å²) in [7, 11) is -1.98. The fraction of sp³-hybridized carbons (Fsp3) is 0.611. The highest BCUT2D eigenvalue weighted by molar-refractivity contribution is 7.89. The first-order chi connectivity index (χ1) is 12.4. The molecule has 1 heterocycles. The zero-order chi connectivity index (χ0) is 18.8. The molecule has 0 aromatic heterocycles. The number of carbonyl (C=O) groups is 1. The Bertz CT molecular complexity index is 769. The first-order valence-electron chi connectivity index (χ1n) is 9.00. The van der Waals surface area contributed by atoms with Gasteiger partial charge in [-0.2, -0.15) is 0 Å². The number of ether oxygens (including phenoxy) is 1. The van der Waals surface area contributed by atoms with Crippen molar-refractivity contribution in [2.24, 2.45) is 5.41 Å². The molecule has 1 aliphatic carbocycles. The molecule has 0 atom stereocenters. The molecule has 0 spiro atoms. The third-order valence-electron chi connectivity index (χ3n) is 5.10. The number of benzene rings is 1. The minimum Gasteiger partial charge on any atom is -0.384 e. The summed E-state index contributed by atoms with van der Waals surface area (Å²) in [5.41, 5.74) is 0.561. The predicted molar refractivity (Wildman–Crippen MR) is 107 cm³/mol. The van der Waals surface area contributed by atoms with Gasteiger partial charge in [0.15, 0.2) is 0 Å². The van der Waals surface area contributed by atoms with Crippen molar-refractivity contribution < 1.29 is 17.9 Å². The van der Waals surface area contributed by atoms with Crippen LogP contribution < -0.4 is 15.4 Å². The average molecular weight is 418 g/mol. The van der Waals surface area contributed by atoms with Crippen molar-refractivity contribution in [3.63, 3.8) is 0 Å². The maximum Gasteiger partial charge on any atom is 0.241 e. The Kier molecular flexibility index (Phi) is 7.27. The van der Waals surface area contributed by atoms with Crippen molar-refractivity contribution in [2.75, 3.05) is 32.1 Å². The molecule has 1 saturated carbocycles. The normalized spacial score (nSPS) is 19.2. The Morgan fingerprint density at radius 1 is 1.30 bits per heavy atom. The summed E-state index contributed by atoms with van der Waals surface area (Å²) in [4.78, 5) is 13.1. The number of anilines is 1. The minimum atomic E-state index is -3.57. The Labute approximate surface area is 167 Å². The van der Waals surface area contributed by atoms with Crippen LogP contribution in [-0.2, 0) is 19.6 Å². The van der Waals surface area contributed by atoms with Gasteiger partial charge in [-0.3, -0.25) is 4.79 Å².